The van der Waals surface area contributed by atoms with Crippen molar-refractivity contribution in [3.63, 3.8) is 0 Å². The summed E-state index contributed by atoms with van der Waals surface area (Å²) in [6, 6.07) is 0. The van der Waals surface area contributed by atoms with Crippen LogP contribution in [0.1, 0.15) is 51.1 Å². The largest absolute Gasteiger partial charge is 0.383 e. The molecule has 0 radical (unpaired) electrons. The van der Waals surface area contributed by atoms with Gasteiger partial charge >= 0.3 is 0 Å². The third kappa shape index (κ3) is 2.60. The van der Waals surface area contributed by atoms with Gasteiger partial charge in [0.25, 0.3) is 0 Å². The standard InChI is InChI=1S/C13H21BrN4/c1-3-18(4-2)13-16-11(9-7-5-6-8-9)10(14)12(15)17-13/h9H,3-8H2,1-2H3,(H2,15,16,17). The van der Waals surface area contributed by atoms with Gasteiger partial charge in [-0.1, -0.05) is 12.8 Å². The van der Waals surface area contributed by atoms with E-state index in [1.807, 2.05) is 0 Å². The summed E-state index contributed by atoms with van der Waals surface area (Å²) in [7, 11) is 0. The highest BCUT2D eigenvalue weighted by Crippen LogP contribution is 2.38. The maximum Gasteiger partial charge on any atom is 0.227 e. The number of hydrogen-bond donors (Lipinski definition) is 1. The zero-order valence-electron chi connectivity index (χ0n) is 11.1. The summed E-state index contributed by atoms with van der Waals surface area (Å²) >= 11 is 3.55. The van der Waals surface area contributed by atoms with Gasteiger partial charge in [0.15, 0.2) is 0 Å². The van der Waals surface area contributed by atoms with Gasteiger partial charge in [0, 0.05) is 19.0 Å². The Labute approximate surface area is 117 Å². The van der Waals surface area contributed by atoms with E-state index >= 15 is 0 Å². The molecule has 0 saturated heterocycles. The van der Waals surface area contributed by atoms with Gasteiger partial charge in [-0.3, -0.25) is 0 Å². The van der Waals surface area contributed by atoms with Crippen LogP contribution >= 0.6 is 15.9 Å². The quantitative estimate of drug-likeness (QED) is 0.926. The molecule has 1 aromatic heterocycles. The number of hydrogen-bond acceptors (Lipinski definition) is 4. The molecule has 0 aliphatic heterocycles. The predicted octanol–water partition coefficient (Wildman–Crippen LogP) is 3.33. The Hall–Kier alpha value is -0.840. The van der Waals surface area contributed by atoms with Gasteiger partial charge in [0.2, 0.25) is 5.95 Å². The number of aromatic nitrogens is 2. The van der Waals surface area contributed by atoms with Crippen molar-refractivity contribution in [3.05, 3.63) is 10.2 Å². The highest BCUT2D eigenvalue weighted by molar-refractivity contribution is 9.10. The van der Waals surface area contributed by atoms with Gasteiger partial charge in [-0.15, -0.1) is 0 Å². The lowest BCUT2D eigenvalue weighted by molar-refractivity contribution is 0.684. The molecule has 4 nitrogen and oxygen atoms in total. The van der Waals surface area contributed by atoms with Crippen LogP contribution in [0.4, 0.5) is 11.8 Å². The monoisotopic (exact) mass is 312 g/mol. The fourth-order valence-corrected chi connectivity index (χ4v) is 3.09. The Morgan fingerprint density at radius 1 is 1.22 bits per heavy atom. The summed E-state index contributed by atoms with van der Waals surface area (Å²) in [4.78, 5) is 11.3. The zero-order valence-corrected chi connectivity index (χ0v) is 12.7. The number of anilines is 2. The first kappa shape index (κ1) is 13.6. The molecule has 1 saturated carbocycles. The number of rotatable bonds is 4. The van der Waals surface area contributed by atoms with Crippen molar-refractivity contribution in [1.29, 1.82) is 0 Å². The van der Waals surface area contributed by atoms with Crippen molar-refractivity contribution < 1.29 is 0 Å². The van der Waals surface area contributed by atoms with Crippen LogP contribution in [0.2, 0.25) is 0 Å². The van der Waals surface area contributed by atoms with E-state index in [1.54, 1.807) is 0 Å². The van der Waals surface area contributed by atoms with Gasteiger partial charge < -0.3 is 10.6 Å². The minimum absolute atomic E-state index is 0.541. The summed E-state index contributed by atoms with van der Waals surface area (Å²) in [5, 5.41) is 0. The molecule has 18 heavy (non-hydrogen) atoms. The first-order chi connectivity index (χ1) is 8.67. The number of halogens is 1. The van der Waals surface area contributed by atoms with Crippen LogP contribution in [0, 0.1) is 0 Å². The second-order valence-corrected chi connectivity index (χ2v) is 5.55. The molecule has 1 aromatic rings. The second kappa shape index (κ2) is 5.87. The molecular weight excluding hydrogens is 292 g/mol. The summed E-state index contributed by atoms with van der Waals surface area (Å²) in [5.41, 5.74) is 7.11. The lowest BCUT2D eigenvalue weighted by Crippen LogP contribution is -2.25. The van der Waals surface area contributed by atoms with Gasteiger partial charge in [0.1, 0.15) is 5.82 Å². The fraction of sp³-hybridized carbons (Fsp3) is 0.692. The normalized spacial score (nSPS) is 16.2. The first-order valence-electron chi connectivity index (χ1n) is 6.75. The van der Waals surface area contributed by atoms with Gasteiger partial charge in [-0.05, 0) is 42.6 Å². The average molecular weight is 313 g/mol. The van der Waals surface area contributed by atoms with E-state index < -0.39 is 0 Å². The Morgan fingerprint density at radius 2 is 1.83 bits per heavy atom. The van der Waals surface area contributed by atoms with Crippen LogP contribution in [0.3, 0.4) is 0 Å². The van der Waals surface area contributed by atoms with Crippen LogP contribution in [0.15, 0.2) is 4.47 Å². The van der Waals surface area contributed by atoms with Crippen molar-refractivity contribution in [2.24, 2.45) is 0 Å². The van der Waals surface area contributed by atoms with Crippen LogP contribution in [-0.4, -0.2) is 23.1 Å². The van der Waals surface area contributed by atoms with Crippen LogP contribution in [0.5, 0.6) is 0 Å². The molecule has 1 aliphatic carbocycles. The summed E-state index contributed by atoms with van der Waals surface area (Å²) < 4.78 is 0.894. The van der Waals surface area contributed by atoms with E-state index in [1.165, 1.54) is 25.7 Å². The third-order valence-electron chi connectivity index (χ3n) is 3.68. The molecule has 5 heteroatoms. The van der Waals surface area contributed by atoms with E-state index in [0.29, 0.717) is 11.7 Å². The molecule has 0 unspecified atom stereocenters. The van der Waals surface area contributed by atoms with E-state index in [2.05, 4.69) is 39.7 Å². The predicted molar refractivity (Wildman–Crippen MR) is 78.9 cm³/mol. The summed E-state index contributed by atoms with van der Waals surface area (Å²) in [6.45, 7) is 6.03. The van der Waals surface area contributed by atoms with Crippen LogP contribution in [0.25, 0.3) is 0 Å². The van der Waals surface area contributed by atoms with Gasteiger partial charge in [-0.25, -0.2) is 4.98 Å². The average Bonchev–Trinajstić information content (AvgIpc) is 2.88. The minimum atomic E-state index is 0.541. The highest BCUT2D eigenvalue weighted by Gasteiger charge is 2.24. The minimum Gasteiger partial charge on any atom is -0.383 e. The van der Waals surface area contributed by atoms with E-state index in [-0.39, 0.29) is 0 Å². The van der Waals surface area contributed by atoms with Crippen molar-refractivity contribution in [1.82, 2.24) is 9.97 Å². The molecular formula is C13H21BrN4. The molecule has 0 spiro atoms. The van der Waals surface area contributed by atoms with Crippen molar-refractivity contribution >= 4 is 27.7 Å². The topological polar surface area (TPSA) is 55.0 Å². The molecule has 1 aliphatic rings. The zero-order chi connectivity index (χ0) is 13.1. The van der Waals surface area contributed by atoms with E-state index in [0.717, 1.165) is 29.2 Å². The highest BCUT2D eigenvalue weighted by atomic mass is 79.9. The summed E-state index contributed by atoms with van der Waals surface area (Å²) in [5.74, 6) is 1.87. The SMILES string of the molecule is CCN(CC)c1nc(N)c(Br)c(C2CCCC2)n1. The molecule has 100 valence electrons. The van der Waals surface area contributed by atoms with Crippen molar-refractivity contribution in [2.75, 3.05) is 23.7 Å². The van der Waals surface area contributed by atoms with Crippen LogP contribution < -0.4 is 10.6 Å². The summed E-state index contributed by atoms with van der Waals surface area (Å²) in [6.07, 6.45) is 5.02. The van der Waals surface area contributed by atoms with Crippen molar-refractivity contribution in [3.8, 4) is 0 Å². The molecule has 2 rings (SSSR count). The molecule has 1 heterocycles. The van der Waals surface area contributed by atoms with Gasteiger partial charge in [-0.2, -0.15) is 4.98 Å². The molecule has 0 atom stereocenters. The lowest BCUT2D eigenvalue weighted by atomic mass is 10.0. The Morgan fingerprint density at radius 3 is 2.39 bits per heavy atom. The first-order valence-corrected chi connectivity index (χ1v) is 7.54. The molecule has 0 bridgehead atoms. The molecule has 1 fully saturated rings. The maximum absolute atomic E-state index is 6.01. The van der Waals surface area contributed by atoms with Gasteiger partial charge in [0.05, 0.1) is 10.2 Å². The molecule has 2 N–H and O–H groups in total. The lowest BCUT2D eigenvalue weighted by Gasteiger charge is -2.21. The Balaban J connectivity index is 2.38. The Kier molecular flexibility index (Phi) is 4.43. The third-order valence-corrected chi connectivity index (χ3v) is 4.49. The second-order valence-electron chi connectivity index (χ2n) is 4.76. The van der Waals surface area contributed by atoms with Crippen molar-refractivity contribution in [2.45, 2.75) is 45.4 Å². The molecule has 0 amide bonds. The van der Waals surface area contributed by atoms with E-state index in [4.69, 9.17) is 10.7 Å². The number of nitrogens with two attached hydrogens (primary N) is 1. The van der Waals surface area contributed by atoms with E-state index in [9.17, 15) is 0 Å². The van der Waals surface area contributed by atoms with Crippen LogP contribution in [-0.2, 0) is 0 Å². The Bertz CT molecular complexity index is 412. The smallest absolute Gasteiger partial charge is 0.227 e. The maximum atomic E-state index is 6.01. The molecule has 0 aromatic carbocycles. The number of nitrogen functional groups attached to an aromatic ring is 1. The fourth-order valence-electron chi connectivity index (χ4n) is 2.59. The number of nitrogens with zero attached hydrogens (tertiary/aromatic N) is 3.